The topological polar surface area (TPSA) is 78.9 Å². The lowest BCUT2D eigenvalue weighted by Crippen LogP contribution is -2.37. The molecule has 0 aromatic heterocycles. The number of rotatable bonds is 5. The molecule has 0 saturated heterocycles. The minimum Gasteiger partial charge on any atom is -0.372 e. The number of anilines is 1. The number of primary amides is 1. The van der Waals surface area contributed by atoms with Crippen LogP contribution in [0, 0.1) is 17.1 Å². The predicted molar refractivity (Wildman–Crippen MR) is 77.9 cm³/mol. The summed E-state index contributed by atoms with van der Waals surface area (Å²) in [6.07, 6.45) is 0.359. The zero-order valence-electron chi connectivity index (χ0n) is 11.2. The van der Waals surface area contributed by atoms with Crippen LogP contribution < -0.4 is 11.1 Å². The number of nitrogens with zero attached hydrogens (tertiary/aromatic N) is 1. The Morgan fingerprint density at radius 1 is 1.24 bits per heavy atom. The summed E-state index contributed by atoms with van der Waals surface area (Å²) in [6.45, 7) is 0. The minimum absolute atomic E-state index is 0.128. The zero-order valence-corrected chi connectivity index (χ0v) is 11.2. The highest BCUT2D eigenvalue weighted by Gasteiger charge is 2.18. The Balaban J connectivity index is 2.24. The average molecular weight is 283 g/mol. The van der Waals surface area contributed by atoms with E-state index >= 15 is 0 Å². The van der Waals surface area contributed by atoms with E-state index in [9.17, 15) is 9.18 Å². The fourth-order valence-electron chi connectivity index (χ4n) is 2.02. The summed E-state index contributed by atoms with van der Waals surface area (Å²) in [6, 6.07) is 14.6. The Bertz CT molecular complexity index is 680. The quantitative estimate of drug-likeness (QED) is 0.883. The molecule has 1 amide bonds. The van der Waals surface area contributed by atoms with Gasteiger partial charge in [-0.3, -0.25) is 4.79 Å². The number of benzene rings is 2. The van der Waals surface area contributed by atoms with Gasteiger partial charge in [-0.1, -0.05) is 36.4 Å². The van der Waals surface area contributed by atoms with Crippen molar-refractivity contribution in [3.05, 3.63) is 65.5 Å². The van der Waals surface area contributed by atoms with Gasteiger partial charge in [0.25, 0.3) is 0 Å². The van der Waals surface area contributed by atoms with Gasteiger partial charge in [-0.25, -0.2) is 4.39 Å². The van der Waals surface area contributed by atoms with Gasteiger partial charge in [0, 0.05) is 6.42 Å². The molecule has 0 saturated carbocycles. The third kappa shape index (κ3) is 3.57. The number of hydrogen-bond donors (Lipinski definition) is 2. The highest BCUT2D eigenvalue weighted by Crippen LogP contribution is 2.19. The molecule has 5 heteroatoms. The van der Waals surface area contributed by atoms with Crippen LogP contribution in [-0.2, 0) is 11.2 Å². The van der Waals surface area contributed by atoms with Crippen LogP contribution in [0.5, 0.6) is 0 Å². The Hall–Kier alpha value is -2.87. The Kier molecular flexibility index (Phi) is 4.52. The normalized spacial score (nSPS) is 11.4. The first-order valence-electron chi connectivity index (χ1n) is 6.40. The molecule has 0 unspecified atom stereocenters. The molecule has 106 valence electrons. The number of carbonyl (C=O) groups is 1. The first-order chi connectivity index (χ1) is 10.1. The average Bonchev–Trinajstić information content (AvgIpc) is 2.48. The van der Waals surface area contributed by atoms with E-state index in [1.54, 1.807) is 12.1 Å². The molecule has 0 aliphatic heterocycles. The lowest BCUT2D eigenvalue weighted by molar-refractivity contribution is -0.118. The van der Waals surface area contributed by atoms with Crippen molar-refractivity contribution in [2.45, 2.75) is 12.5 Å². The summed E-state index contributed by atoms with van der Waals surface area (Å²) in [5, 5.41) is 11.8. The van der Waals surface area contributed by atoms with Gasteiger partial charge >= 0.3 is 0 Å². The van der Waals surface area contributed by atoms with E-state index in [0.29, 0.717) is 6.42 Å². The lowest BCUT2D eigenvalue weighted by atomic mass is 10.0. The van der Waals surface area contributed by atoms with Gasteiger partial charge in [0.15, 0.2) is 0 Å². The fourth-order valence-corrected chi connectivity index (χ4v) is 2.02. The largest absolute Gasteiger partial charge is 0.372 e. The fraction of sp³-hybridized carbons (Fsp3) is 0.125. The molecule has 0 spiro atoms. The first kappa shape index (κ1) is 14.5. The number of nitrogens with one attached hydrogen (secondary N) is 1. The maximum absolute atomic E-state index is 13.6. The van der Waals surface area contributed by atoms with Crippen LogP contribution in [0.15, 0.2) is 48.5 Å². The smallest absolute Gasteiger partial charge is 0.240 e. The monoisotopic (exact) mass is 283 g/mol. The standard InChI is InChI=1S/C16H14FN3O/c17-13-7-4-8-14(12(13)10-18)20-15(16(19)21)9-11-5-2-1-3-6-11/h1-8,15,20H,9H2,(H2,19,21)/t15-/m0/s1. The van der Waals surface area contributed by atoms with Crippen LogP contribution >= 0.6 is 0 Å². The number of hydrogen-bond acceptors (Lipinski definition) is 3. The Morgan fingerprint density at radius 2 is 1.95 bits per heavy atom. The number of nitrogens with two attached hydrogens (primary N) is 1. The molecular formula is C16H14FN3O. The van der Waals surface area contributed by atoms with Gasteiger partial charge in [0.2, 0.25) is 5.91 Å². The molecule has 2 aromatic rings. The van der Waals surface area contributed by atoms with Crippen LogP contribution in [-0.4, -0.2) is 11.9 Å². The van der Waals surface area contributed by atoms with E-state index in [1.807, 2.05) is 30.3 Å². The SMILES string of the molecule is N#Cc1c(F)cccc1N[C@@H](Cc1ccccc1)C(N)=O. The van der Waals surface area contributed by atoms with Gasteiger partial charge in [-0.2, -0.15) is 5.26 Å². The molecule has 4 nitrogen and oxygen atoms in total. The van der Waals surface area contributed by atoms with Gasteiger partial charge in [0.05, 0.1) is 5.69 Å². The van der Waals surface area contributed by atoms with Gasteiger partial charge < -0.3 is 11.1 Å². The third-order valence-corrected chi connectivity index (χ3v) is 3.08. The van der Waals surface area contributed by atoms with Crippen molar-refractivity contribution in [3.63, 3.8) is 0 Å². The lowest BCUT2D eigenvalue weighted by Gasteiger charge is -2.17. The second-order valence-electron chi connectivity index (χ2n) is 4.56. The van der Waals surface area contributed by atoms with Crippen LogP contribution in [0.1, 0.15) is 11.1 Å². The maximum atomic E-state index is 13.6. The molecule has 0 aliphatic carbocycles. The molecule has 2 aromatic carbocycles. The van der Waals surface area contributed by atoms with E-state index in [4.69, 9.17) is 11.0 Å². The molecule has 0 aliphatic rings. The number of carbonyl (C=O) groups excluding carboxylic acids is 1. The van der Waals surface area contributed by atoms with Crippen molar-refractivity contribution in [2.75, 3.05) is 5.32 Å². The molecule has 0 bridgehead atoms. The predicted octanol–water partition coefficient (Wildman–Crippen LogP) is 2.21. The van der Waals surface area contributed by atoms with Crippen LogP contribution in [0.3, 0.4) is 0 Å². The Labute approximate surface area is 122 Å². The summed E-state index contributed by atoms with van der Waals surface area (Å²) >= 11 is 0. The molecule has 3 N–H and O–H groups in total. The van der Waals surface area contributed by atoms with Crippen molar-refractivity contribution >= 4 is 11.6 Å². The summed E-state index contributed by atoms with van der Waals surface area (Å²) in [5.74, 6) is -1.20. The second kappa shape index (κ2) is 6.53. The zero-order chi connectivity index (χ0) is 15.2. The van der Waals surface area contributed by atoms with Gasteiger partial charge in [-0.15, -0.1) is 0 Å². The number of nitriles is 1. The van der Waals surface area contributed by atoms with E-state index in [2.05, 4.69) is 5.32 Å². The summed E-state index contributed by atoms with van der Waals surface area (Å²) in [4.78, 5) is 11.6. The van der Waals surface area contributed by atoms with E-state index in [-0.39, 0.29) is 11.3 Å². The first-order valence-corrected chi connectivity index (χ1v) is 6.40. The number of amides is 1. The molecule has 0 heterocycles. The van der Waals surface area contributed by atoms with Crippen LogP contribution in [0.2, 0.25) is 0 Å². The molecule has 0 fully saturated rings. The summed E-state index contributed by atoms with van der Waals surface area (Å²) < 4.78 is 13.6. The van der Waals surface area contributed by atoms with Crippen LogP contribution in [0.4, 0.5) is 10.1 Å². The van der Waals surface area contributed by atoms with Crippen molar-refractivity contribution in [2.24, 2.45) is 5.73 Å². The van der Waals surface area contributed by atoms with Crippen molar-refractivity contribution in [1.29, 1.82) is 5.26 Å². The van der Waals surface area contributed by atoms with E-state index in [0.717, 1.165) is 5.56 Å². The third-order valence-electron chi connectivity index (χ3n) is 3.08. The molecule has 21 heavy (non-hydrogen) atoms. The highest BCUT2D eigenvalue weighted by molar-refractivity contribution is 5.84. The van der Waals surface area contributed by atoms with Gasteiger partial charge in [-0.05, 0) is 17.7 Å². The Morgan fingerprint density at radius 3 is 2.57 bits per heavy atom. The number of halogens is 1. The minimum atomic E-state index is -0.721. The highest BCUT2D eigenvalue weighted by atomic mass is 19.1. The molecular weight excluding hydrogens is 269 g/mol. The van der Waals surface area contributed by atoms with E-state index < -0.39 is 17.8 Å². The van der Waals surface area contributed by atoms with Gasteiger partial charge in [0.1, 0.15) is 23.5 Å². The maximum Gasteiger partial charge on any atom is 0.240 e. The van der Waals surface area contributed by atoms with E-state index in [1.165, 1.54) is 12.1 Å². The van der Waals surface area contributed by atoms with Crippen LogP contribution in [0.25, 0.3) is 0 Å². The second-order valence-corrected chi connectivity index (χ2v) is 4.56. The summed E-state index contributed by atoms with van der Waals surface area (Å²) in [7, 11) is 0. The van der Waals surface area contributed by atoms with Crippen molar-refractivity contribution < 1.29 is 9.18 Å². The molecule has 0 radical (unpaired) electrons. The van der Waals surface area contributed by atoms with Crippen molar-refractivity contribution in [3.8, 4) is 6.07 Å². The molecule has 2 rings (SSSR count). The summed E-state index contributed by atoms with van der Waals surface area (Å²) in [5.41, 5.74) is 6.44. The molecule has 1 atom stereocenters. The van der Waals surface area contributed by atoms with Crippen molar-refractivity contribution in [1.82, 2.24) is 0 Å².